The number of hydrogen-bond acceptors (Lipinski definition) is 5. The summed E-state index contributed by atoms with van der Waals surface area (Å²) in [6.07, 6.45) is 3.71. The maximum atomic E-state index is 13.9. The molecule has 0 unspecified atom stereocenters. The largest absolute Gasteiger partial charge is 0.349 e. The second kappa shape index (κ2) is 7.19. The fourth-order valence-corrected chi connectivity index (χ4v) is 6.43. The first-order valence-electron chi connectivity index (χ1n) is 11.8. The Labute approximate surface area is 191 Å². The van der Waals surface area contributed by atoms with Gasteiger partial charge in [0.2, 0.25) is 29.0 Å². The molecular formula is C27H25NO5. The van der Waals surface area contributed by atoms with E-state index in [1.165, 1.54) is 4.90 Å². The van der Waals surface area contributed by atoms with Crippen molar-refractivity contribution in [2.45, 2.75) is 56.8 Å². The van der Waals surface area contributed by atoms with Crippen LogP contribution in [-0.2, 0) is 14.3 Å². The number of ketones is 2. The van der Waals surface area contributed by atoms with Crippen LogP contribution in [0.1, 0.15) is 70.1 Å². The molecule has 4 aliphatic rings. The first kappa shape index (κ1) is 20.5. The van der Waals surface area contributed by atoms with Gasteiger partial charge in [-0.2, -0.15) is 0 Å². The summed E-state index contributed by atoms with van der Waals surface area (Å²) in [6.45, 7) is 1.91. The van der Waals surface area contributed by atoms with E-state index in [4.69, 9.17) is 4.74 Å². The molecule has 0 bridgehead atoms. The number of amides is 2. The zero-order chi connectivity index (χ0) is 22.9. The van der Waals surface area contributed by atoms with Crippen molar-refractivity contribution in [2.75, 3.05) is 0 Å². The molecule has 6 rings (SSSR count). The highest BCUT2D eigenvalue weighted by Gasteiger charge is 2.75. The maximum absolute atomic E-state index is 13.9. The highest BCUT2D eigenvalue weighted by atomic mass is 16.5. The predicted molar refractivity (Wildman–Crippen MR) is 119 cm³/mol. The summed E-state index contributed by atoms with van der Waals surface area (Å²) in [4.78, 5) is 56.6. The van der Waals surface area contributed by atoms with Crippen LogP contribution in [0.5, 0.6) is 0 Å². The van der Waals surface area contributed by atoms with Crippen LogP contribution in [0.15, 0.2) is 48.5 Å². The molecule has 2 aliphatic heterocycles. The van der Waals surface area contributed by atoms with Gasteiger partial charge in [-0.05, 0) is 30.9 Å². The molecule has 0 aromatic heterocycles. The van der Waals surface area contributed by atoms with Crippen LogP contribution in [0.4, 0.5) is 0 Å². The maximum Gasteiger partial charge on any atom is 0.237 e. The molecule has 0 radical (unpaired) electrons. The van der Waals surface area contributed by atoms with E-state index in [1.807, 2.05) is 31.2 Å². The number of aryl methyl sites for hydroxylation is 1. The Bertz CT molecular complexity index is 1180. The van der Waals surface area contributed by atoms with E-state index in [-0.39, 0.29) is 23.1 Å². The van der Waals surface area contributed by atoms with Crippen molar-refractivity contribution in [1.29, 1.82) is 0 Å². The molecule has 3 atom stereocenters. The Morgan fingerprint density at radius 2 is 1.42 bits per heavy atom. The number of carbonyl (C=O) groups is 4. The highest BCUT2D eigenvalue weighted by Crippen LogP contribution is 2.58. The molecule has 168 valence electrons. The van der Waals surface area contributed by atoms with Crippen LogP contribution in [0, 0.1) is 18.8 Å². The van der Waals surface area contributed by atoms with Crippen LogP contribution < -0.4 is 0 Å². The number of benzene rings is 2. The lowest BCUT2D eigenvalue weighted by Gasteiger charge is -2.33. The quantitative estimate of drug-likeness (QED) is 0.521. The number of rotatable bonds is 2. The van der Waals surface area contributed by atoms with Crippen molar-refractivity contribution >= 4 is 23.4 Å². The molecule has 2 amide bonds. The SMILES string of the molecule is Cc1ccccc1[C@@H]1OC2(C(=O)c3ccccc3C2=O)[C@@H]2C(=O)N(C3CCCCC3)C(=O)[C@H]21. The van der Waals surface area contributed by atoms with E-state index in [2.05, 4.69) is 0 Å². The average molecular weight is 443 g/mol. The van der Waals surface area contributed by atoms with Crippen molar-refractivity contribution in [3.05, 3.63) is 70.8 Å². The highest BCUT2D eigenvalue weighted by molar-refractivity contribution is 6.35. The zero-order valence-corrected chi connectivity index (χ0v) is 18.5. The standard InChI is InChI=1S/C27H25NO5/c1-15-9-5-6-12-17(15)22-20-21(26(32)28(25(20)31)16-10-3-2-4-11-16)27(33-22)23(29)18-13-7-8-14-19(18)24(27)30/h5-9,12-14,16,20-22H,2-4,10-11H2,1H3/t20-,21+,22+/m1/s1. The molecule has 0 N–H and O–H groups in total. The third-order valence-corrected chi connectivity index (χ3v) is 7.99. The van der Waals surface area contributed by atoms with Crippen LogP contribution >= 0.6 is 0 Å². The van der Waals surface area contributed by atoms with Gasteiger partial charge in [0, 0.05) is 17.2 Å². The minimum atomic E-state index is -1.97. The molecule has 3 fully saturated rings. The average Bonchev–Trinajstić information content (AvgIpc) is 3.40. The Hall–Kier alpha value is -3.12. The van der Waals surface area contributed by atoms with E-state index < -0.39 is 41.0 Å². The molecule has 2 aromatic rings. The first-order valence-corrected chi connectivity index (χ1v) is 11.8. The molecule has 2 heterocycles. The van der Waals surface area contributed by atoms with Crippen LogP contribution in [0.3, 0.4) is 0 Å². The van der Waals surface area contributed by atoms with E-state index in [0.29, 0.717) is 0 Å². The van der Waals surface area contributed by atoms with Gasteiger partial charge in [-0.1, -0.05) is 67.8 Å². The number of ether oxygens (including phenoxy) is 1. The molecule has 2 saturated heterocycles. The summed E-state index contributed by atoms with van der Waals surface area (Å²) in [5.74, 6) is -3.76. The van der Waals surface area contributed by atoms with Crippen molar-refractivity contribution < 1.29 is 23.9 Å². The van der Waals surface area contributed by atoms with E-state index in [0.717, 1.165) is 43.2 Å². The Morgan fingerprint density at radius 3 is 2.06 bits per heavy atom. The third kappa shape index (κ3) is 2.58. The summed E-state index contributed by atoms with van der Waals surface area (Å²) in [6, 6.07) is 13.9. The van der Waals surface area contributed by atoms with Gasteiger partial charge in [-0.3, -0.25) is 24.1 Å². The molecule has 6 nitrogen and oxygen atoms in total. The molecular weight excluding hydrogens is 418 g/mol. The lowest BCUT2D eigenvalue weighted by atomic mass is 9.77. The minimum absolute atomic E-state index is 0.173. The fraction of sp³-hybridized carbons (Fsp3) is 0.407. The number of nitrogens with zero attached hydrogens (tertiary/aromatic N) is 1. The minimum Gasteiger partial charge on any atom is -0.349 e. The number of Topliss-reactive ketones (excluding diaryl/α,β-unsaturated/α-hetero) is 2. The monoisotopic (exact) mass is 443 g/mol. The lowest BCUT2D eigenvalue weighted by molar-refractivity contribution is -0.148. The summed E-state index contributed by atoms with van der Waals surface area (Å²) >= 11 is 0. The number of imide groups is 1. The van der Waals surface area contributed by atoms with Crippen LogP contribution in [-0.4, -0.2) is 39.9 Å². The fourth-order valence-electron chi connectivity index (χ4n) is 6.43. The molecule has 1 saturated carbocycles. The van der Waals surface area contributed by atoms with E-state index in [1.54, 1.807) is 24.3 Å². The van der Waals surface area contributed by atoms with Gasteiger partial charge in [0.15, 0.2) is 0 Å². The Morgan fingerprint density at radius 1 is 0.818 bits per heavy atom. The number of hydrogen-bond donors (Lipinski definition) is 0. The van der Waals surface area contributed by atoms with Crippen molar-refractivity contribution in [1.82, 2.24) is 4.90 Å². The topological polar surface area (TPSA) is 80.8 Å². The molecule has 2 aromatic carbocycles. The Kier molecular flexibility index (Phi) is 4.46. The molecule has 1 spiro atoms. The second-order valence-electron chi connectivity index (χ2n) is 9.68. The van der Waals surface area contributed by atoms with Gasteiger partial charge >= 0.3 is 0 Å². The molecule has 33 heavy (non-hydrogen) atoms. The number of fused-ring (bicyclic) bond motifs is 3. The summed E-state index contributed by atoms with van der Waals surface area (Å²) in [7, 11) is 0. The molecule has 6 heteroatoms. The van der Waals surface area contributed by atoms with Crippen LogP contribution in [0.25, 0.3) is 0 Å². The number of likely N-dealkylation sites (tertiary alicyclic amines) is 1. The van der Waals surface area contributed by atoms with Crippen molar-refractivity contribution in [3.8, 4) is 0 Å². The van der Waals surface area contributed by atoms with Crippen molar-refractivity contribution in [2.24, 2.45) is 11.8 Å². The normalized spacial score (nSPS) is 28.6. The van der Waals surface area contributed by atoms with Gasteiger partial charge < -0.3 is 4.74 Å². The summed E-state index contributed by atoms with van der Waals surface area (Å²) in [5.41, 5.74) is 0.195. The second-order valence-corrected chi connectivity index (χ2v) is 9.68. The summed E-state index contributed by atoms with van der Waals surface area (Å²) in [5, 5.41) is 0. The smallest absolute Gasteiger partial charge is 0.237 e. The predicted octanol–water partition coefficient (Wildman–Crippen LogP) is 3.82. The number of carbonyl (C=O) groups excluding carboxylic acids is 4. The van der Waals surface area contributed by atoms with Gasteiger partial charge in [0.05, 0.1) is 17.9 Å². The van der Waals surface area contributed by atoms with Gasteiger partial charge in [0.25, 0.3) is 0 Å². The van der Waals surface area contributed by atoms with E-state index >= 15 is 0 Å². The van der Waals surface area contributed by atoms with E-state index in [9.17, 15) is 19.2 Å². The summed E-state index contributed by atoms with van der Waals surface area (Å²) < 4.78 is 6.36. The zero-order valence-electron chi connectivity index (χ0n) is 18.5. The van der Waals surface area contributed by atoms with Crippen LogP contribution in [0.2, 0.25) is 0 Å². The van der Waals surface area contributed by atoms with Gasteiger partial charge in [-0.15, -0.1) is 0 Å². The van der Waals surface area contributed by atoms with Gasteiger partial charge in [-0.25, -0.2) is 0 Å². The molecule has 2 aliphatic carbocycles. The lowest BCUT2D eigenvalue weighted by Crippen LogP contribution is -2.52. The Balaban J connectivity index is 1.52. The van der Waals surface area contributed by atoms with Gasteiger partial charge in [0.1, 0.15) is 0 Å². The first-order chi connectivity index (χ1) is 16.0. The third-order valence-electron chi connectivity index (χ3n) is 7.99. The van der Waals surface area contributed by atoms with Crippen molar-refractivity contribution in [3.63, 3.8) is 0 Å².